The lowest BCUT2D eigenvalue weighted by Gasteiger charge is -2.36. The zero-order chi connectivity index (χ0) is 11.1. The fraction of sp³-hybridized carbons (Fsp3) is 0.417. The van der Waals surface area contributed by atoms with E-state index < -0.39 is 5.54 Å². The lowest BCUT2D eigenvalue weighted by molar-refractivity contribution is 0.0801. The third-order valence-electron chi connectivity index (χ3n) is 3.06. The number of halogens is 1. The number of nitrogens with two attached hydrogens (primary N) is 1. The van der Waals surface area contributed by atoms with E-state index in [-0.39, 0.29) is 5.78 Å². The minimum absolute atomic E-state index is 0.0116. The van der Waals surface area contributed by atoms with Crippen molar-refractivity contribution in [2.24, 2.45) is 5.73 Å². The first-order valence-electron chi connectivity index (χ1n) is 5.13. The second-order valence-corrected chi connectivity index (χ2v) is 4.73. The Morgan fingerprint density at radius 2 is 2.13 bits per heavy atom. The van der Waals surface area contributed by atoms with Crippen LogP contribution in [0, 0.1) is 6.92 Å². The van der Waals surface area contributed by atoms with E-state index in [1.807, 2.05) is 19.1 Å². The maximum atomic E-state index is 12.1. The highest BCUT2D eigenvalue weighted by atomic mass is 35.5. The fourth-order valence-electron chi connectivity index (χ4n) is 1.87. The number of benzene rings is 1. The summed E-state index contributed by atoms with van der Waals surface area (Å²) in [4.78, 5) is 12.1. The largest absolute Gasteiger partial charge is 0.319 e. The van der Waals surface area contributed by atoms with Crippen LogP contribution in [0.15, 0.2) is 18.2 Å². The average molecular weight is 224 g/mol. The van der Waals surface area contributed by atoms with Gasteiger partial charge in [-0.2, -0.15) is 0 Å². The van der Waals surface area contributed by atoms with E-state index in [0.717, 1.165) is 24.8 Å². The van der Waals surface area contributed by atoms with Crippen molar-refractivity contribution in [3.05, 3.63) is 34.3 Å². The molecule has 0 radical (unpaired) electrons. The molecule has 2 N–H and O–H groups in total. The maximum absolute atomic E-state index is 12.1. The Balaban J connectivity index is 2.36. The monoisotopic (exact) mass is 223 g/mol. The van der Waals surface area contributed by atoms with Gasteiger partial charge >= 0.3 is 0 Å². The maximum Gasteiger partial charge on any atom is 0.184 e. The van der Waals surface area contributed by atoms with Gasteiger partial charge in [0.25, 0.3) is 0 Å². The van der Waals surface area contributed by atoms with Crippen molar-refractivity contribution in [2.75, 3.05) is 0 Å². The van der Waals surface area contributed by atoms with Crippen LogP contribution >= 0.6 is 11.6 Å². The topological polar surface area (TPSA) is 43.1 Å². The first-order chi connectivity index (χ1) is 7.03. The van der Waals surface area contributed by atoms with E-state index >= 15 is 0 Å². The number of rotatable bonds is 2. The first kappa shape index (κ1) is 10.7. The van der Waals surface area contributed by atoms with Crippen molar-refractivity contribution in [3.8, 4) is 0 Å². The number of aryl methyl sites for hydroxylation is 1. The Hall–Kier alpha value is -0.860. The molecule has 2 nitrogen and oxygen atoms in total. The summed E-state index contributed by atoms with van der Waals surface area (Å²) in [5.74, 6) is -0.0116. The molecule has 1 aromatic carbocycles. The van der Waals surface area contributed by atoms with Crippen LogP contribution in [0.3, 0.4) is 0 Å². The van der Waals surface area contributed by atoms with Crippen LogP contribution in [0.25, 0.3) is 0 Å². The van der Waals surface area contributed by atoms with Crippen LogP contribution in [0.1, 0.15) is 35.2 Å². The predicted octanol–water partition coefficient (Wildman–Crippen LogP) is 2.71. The summed E-state index contributed by atoms with van der Waals surface area (Å²) in [6.07, 6.45) is 2.58. The third-order valence-corrected chi connectivity index (χ3v) is 3.39. The molecule has 2 rings (SSSR count). The highest BCUT2D eigenvalue weighted by molar-refractivity contribution is 6.34. The van der Waals surface area contributed by atoms with Crippen LogP contribution in [-0.2, 0) is 0 Å². The van der Waals surface area contributed by atoms with Crippen LogP contribution in [0.4, 0.5) is 0 Å². The van der Waals surface area contributed by atoms with Gasteiger partial charge in [0.05, 0.1) is 10.6 Å². The zero-order valence-corrected chi connectivity index (χ0v) is 9.47. The van der Waals surface area contributed by atoms with Gasteiger partial charge in [-0.1, -0.05) is 23.2 Å². The molecule has 0 atom stereocenters. The van der Waals surface area contributed by atoms with Gasteiger partial charge in [0, 0.05) is 5.56 Å². The van der Waals surface area contributed by atoms with Crippen molar-refractivity contribution in [1.29, 1.82) is 0 Å². The summed E-state index contributed by atoms with van der Waals surface area (Å²) in [7, 11) is 0. The minimum Gasteiger partial charge on any atom is -0.319 e. The van der Waals surface area contributed by atoms with Gasteiger partial charge in [-0.15, -0.1) is 0 Å². The summed E-state index contributed by atoms with van der Waals surface area (Å²) in [5, 5.41) is 0.502. The SMILES string of the molecule is Cc1ccc(Cl)c(C(=O)C2(N)CCC2)c1. The van der Waals surface area contributed by atoms with Crippen LogP contribution in [-0.4, -0.2) is 11.3 Å². The van der Waals surface area contributed by atoms with Crippen molar-refractivity contribution in [3.63, 3.8) is 0 Å². The van der Waals surface area contributed by atoms with E-state index in [2.05, 4.69) is 0 Å². The molecule has 0 aliphatic heterocycles. The molecule has 1 aliphatic carbocycles. The van der Waals surface area contributed by atoms with Crippen LogP contribution in [0.5, 0.6) is 0 Å². The number of carbonyl (C=O) groups excluding carboxylic acids is 1. The van der Waals surface area contributed by atoms with Gasteiger partial charge in [0.1, 0.15) is 0 Å². The van der Waals surface area contributed by atoms with Crippen molar-refractivity contribution >= 4 is 17.4 Å². The second-order valence-electron chi connectivity index (χ2n) is 4.32. The Morgan fingerprint density at radius 3 is 2.67 bits per heavy atom. The average Bonchev–Trinajstić information content (AvgIpc) is 2.17. The molecule has 1 aliphatic rings. The molecule has 0 aromatic heterocycles. The quantitative estimate of drug-likeness (QED) is 0.784. The molecule has 0 spiro atoms. The standard InChI is InChI=1S/C12H14ClNO/c1-8-3-4-10(13)9(7-8)11(15)12(14)5-2-6-12/h3-4,7H,2,5-6,14H2,1H3. The number of Topliss-reactive ketones (excluding diaryl/α,β-unsaturated/α-hetero) is 1. The molecular weight excluding hydrogens is 210 g/mol. The molecule has 80 valence electrons. The highest BCUT2D eigenvalue weighted by Crippen LogP contribution is 2.34. The minimum atomic E-state index is -0.655. The van der Waals surface area contributed by atoms with Crippen LogP contribution < -0.4 is 5.73 Å². The van der Waals surface area contributed by atoms with Crippen LogP contribution in [0.2, 0.25) is 5.02 Å². The molecule has 1 aromatic rings. The number of hydrogen-bond donors (Lipinski definition) is 1. The van der Waals surface area contributed by atoms with E-state index in [1.54, 1.807) is 6.07 Å². The van der Waals surface area contributed by atoms with Gasteiger partial charge in [0.2, 0.25) is 0 Å². The number of hydrogen-bond acceptors (Lipinski definition) is 2. The molecule has 15 heavy (non-hydrogen) atoms. The van der Waals surface area contributed by atoms with E-state index in [0.29, 0.717) is 10.6 Å². The molecule has 1 saturated carbocycles. The highest BCUT2D eigenvalue weighted by Gasteiger charge is 2.41. The van der Waals surface area contributed by atoms with Gasteiger partial charge in [-0.3, -0.25) is 4.79 Å². The Kier molecular flexibility index (Phi) is 2.57. The molecule has 0 amide bonds. The Labute approximate surface area is 94.4 Å². The Morgan fingerprint density at radius 1 is 1.47 bits per heavy atom. The molecule has 3 heteroatoms. The fourth-order valence-corrected chi connectivity index (χ4v) is 2.07. The molecular formula is C12H14ClNO. The Bertz CT molecular complexity index is 410. The predicted molar refractivity (Wildman–Crippen MR) is 61.3 cm³/mol. The molecule has 0 bridgehead atoms. The smallest absolute Gasteiger partial charge is 0.184 e. The molecule has 0 heterocycles. The molecule has 0 saturated heterocycles. The van der Waals surface area contributed by atoms with Crippen molar-refractivity contribution in [1.82, 2.24) is 0 Å². The summed E-state index contributed by atoms with van der Waals surface area (Å²) >= 11 is 6.00. The second kappa shape index (κ2) is 3.62. The lowest BCUT2D eigenvalue weighted by Crippen LogP contribution is -2.53. The summed E-state index contributed by atoms with van der Waals surface area (Å²) in [6, 6.07) is 5.47. The molecule has 1 fully saturated rings. The van der Waals surface area contributed by atoms with Crippen molar-refractivity contribution < 1.29 is 4.79 Å². The van der Waals surface area contributed by atoms with Crippen molar-refractivity contribution in [2.45, 2.75) is 31.7 Å². The zero-order valence-electron chi connectivity index (χ0n) is 8.72. The van der Waals surface area contributed by atoms with E-state index in [1.165, 1.54) is 0 Å². The lowest BCUT2D eigenvalue weighted by atomic mass is 9.72. The molecule has 0 unspecified atom stereocenters. The van der Waals surface area contributed by atoms with Gasteiger partial charge in [-0.05, 0) is 38.3 Å². The number of carbonyl (C=O) groups is 1. The first-order valence-corrected chi connectivity index (χ1v) is 5.50. The van der Waals surface area contributed by atoms with E-state index in [4.69, 9.17) is 17.3 Å². The van der Waals surface area contributed by atoms with Gasteiger partial charge < -0.3 is 5.73 Å². The third kappa shape index (κ3) is 1.80. The van der Waals surface area contributed by atoms with Gasteiger partial charge in [0.15, 0.2) is 5.78 Å². The number of ketones is 1. The van der Waals surface area contributed by atoms with E-state index in [9.17, 15) is 4.79 Å². The normalized spacial score (nSPS) is 18.3. The van der Waals surface area contributed by atoms with Gasteiger partial charge in [-0.25, -0.2) is 0 Å². The summed E-state index contributed by atoms with van der Waals surface area (Å²) < 4.78 is 0. The summed E-state index contributed by atoms with van der Waals surface area (Å²) in [6.45, 7) is 1.94. The summed E-state index contributed by atoms with van der Waals surface area (Å²) in [5.41, 5.74) is 6.94.